The summed E-state index contributed by atoms with van der Waals surface area (Å²) in [5.74, 6) is 0. The molecule has 0 aliphatic heterocycles. The first-order chi connectivity index (χ1) is 16.4. The molecule has 0 amide bonds. The fourth-order valence-corrected chi connectivity index (χ4v) is 5.99. The summed E-state index contributed by atoms with van der Waals surface area (Å²) >= 11 is 0. The van der Waals surface area contributed by atoms with Crippen molar-refractivity contribution in [2.24, 2.45) is 0 Å². The van der Waals surface area contributed by atoms with Gasteiger partial charge in [0.25, 0.3) is 0 Å². The molecule has 1 N–H and O–H groups in total. The maximum atomic E-state index is 3.88. The predicted molar refractivity (Wildman–Crippen MR) is 140 cm³/mol. The fourth-order valence-electron chi connectivity index (χ4n) is 5.99. The van der Waals surface area contributed by atoms with E-state index in [2.05, 4.69) is 115 Å². The Bertz CT molecular complexity index is 1660. The van der Waals surface area contributed by atoms with Crippen LogP contribution in [0, 0.1) is 0 Å². The summed E-state index contributed by atoms with van der Waals surface area (Å²) in [5.41, 5.74) is 12.9. The standard InChI is InChI=1S/C32H19N/c1-3-11-25-21(9-1)23-13-5-7-19-15-17-27(31(25)29(19)23)33-28-18-16-20-8-6-14-24-22-10-2-4-12-26(22)32(28)30(20)24/h1-18,33H. The summed E-state index contributed by atoms with van der Waals surface area (Å²) in [6.45, 7) is 0. The Morgan fingerprint density at radius 1 is 0.333 bits per heavy atom. The van der Waals surface area contributed by atoms with E-state index in [0.717, 1.165) is 11.4 Å². The second kappa shape index (κ2) is 6.11. The average Bonchev–Trinajstić information content (AvgIpc) is 3.39. The van der Waals surface area contributed by atoms with Crippen LogP contribution >= 0.6 is 0 Å². The predicted octanol–water partition coefficient (Wildman–Crippen LogP) is 9.03. The normalized spacial score (nSPS) is 12.2. The zero-order valence-electron chi connectivity index (χ0n) is 17.9. The third-order valence-corrected chi connectivity index (χ3v) is 7.33. The van der Waals surface area contributed by atoms with Gasteiger partial charge in [-0.05, 0) is 67.1 Å². The average molecular weight is 418 g/mol. The van der Waals surface area contributed by atoms with E-state index in [9.17, 15) is 0 Å². The molecule has 0 saturated heterocycles. The number of anilines is 2. The number of fused-ring (bicyclic) bond motifs is 6. The molecular formula is C32H19N. The minimum atomic E-state index is 1.16. The van der Waals surface area contributed by atoms with Gasteiger partial charge in [0.05, 0.1) is 0 Å². The van der Waals surface area contributed by atoms with E-state index < -0.39 is 0 Å². The van der Waals surface area contributed by atoms with Crippen molar-refractivity contribution in [2.45, 2.75) is 0 Å². The zero-order valence-corrected chi connectivity index (χ0v) is 17.9. The van der Waals surface area contributed by atoms with Gasteiger partial charge in [0.15, 0.2) is 0 Å². The number of hydrogen-bond donors (Lipinski definition) is 1. The molecular weight excluding hydrogens is 398 g/mol. The Hall–Kier alpha value is -4.36. The number of rotatable bonds is 2. The van der Waals surface area contributed by atoms with Crippen LogP contribution in [0.4, 0.5) is 11.4 Å². The lowest BCUT2D eigenvalue weighted by molar-refractivity contribution is 1.58. The summed E-state index contributed by atoms with van der Waals surface area (Å²) < 4.78 is 0. The van der Waals surface area contributed by atoms with Crippen molar-refractivity contribution in [3.63, 3.8) is 0 Å². The Kier molecular flexibility index (Phi) is 3.19. The highest BCUT2D eigenvalue weighted by atomic mass is 14.9. The van der Waals surface area contributed by atoms with Crippen molar-refractivity contribution in [1.82, 2.24) is 0 Å². The van der Waals surface area contributed by atoms with Crippen molar-refractivity contribution in [3.05, 3.63) is 109 Å². The fraction of sp³-hybridized carbons (Fsp3) is 0. The second-order valence-electron chi connectivity index (χ2n) is 9.00. The first-order valence-corrected chi connectivity index (χ1v) is 11.5. The summed E-state index contributed by atoms with van der Waals surface area (Å²) in [5, 5.41) is 9.16. The molecule has 0 unspecified atom stereocenters. The Morgan fingerprint density at radius 2 is 0.758 bits per heavy atom. The van der Waals surface area contributed by atoms with E-state index in [1.165, 1.54) is 66.1 Å². The lowest BCUT2D eigenvalue weighted by Gasteiger charge is -2.16. The van der Waals surface area contributed by atoms with E-state index in [1.807, 2.05) is 0 Å². The van der Waals surface area contributed by atoms with Crippen LogP contribution in [0.2, 0.25) is 0 Å². The van der Waals surface area contributed by atoms with Gasteiger partial charge in [0.2, 0.25) is 0 Å². The Labute approximate surface area is 192 Å². The van der Waals surface area contributed by atoms with Crippen molar-refractivity contribution < 1.29 is 0 Å². The van der Waals surface area contributed by atoms with E-state index in [1.54, 1.807) is 0 Å². The van der Waals surface area contributed by atoms with Crippen LogP contribution in [-0.2, 0) is 0 Å². The highest BCUT2D eigenvalue weighted by molar-refractivity contribution is 6.21. The van der Waals surface area contributed by atoms with Gasteiger partial charge in [0, 0.05) is 22.5 Å². The first kappa shape index (κ1) is 17.2. The number of hydrogen-bond acceptors (Lipinski definition) is 1. The van der Waals surface area contributed by atoms with Crippen LogP contribution in [0.1, 0.15) is 0 Å². The largest absolute Gasteiger partial charge is 0.354 e. The van der Waals surface area contributed by atoms with Gasteiger partial charge in [-0.25, -0.2) is 0 Å². The van der Waals surface area contributed by atoms with Crippen LogP contribution in [-0.4, -0.2) is 0 Å². The van der Waals surface area contributed by atoms with E-state index in [4.69, 9.17) is 0 Å². The summed E-state index contributed by atoms with van der Waals surface area (Å²) in [7, 11) is 0. The minimum Gasteiger partial charge on any atom is -0.354 e. The summed E-state index contributed by atoms with van der Waals surface area (Å²) in [6.07, 6.45) is 0. The molecule has 2 aliphatic rings. The number of benzene rings is 6. The van der Waals surface area contributed by atoms with Crippen molar-refractivity contribution >= 4 is 32.9 Å². The second-order valence-corrected chi connectivity index (χ2v) is 9.00. The van der Waals surface area contributed by atoms with Gasteiger partial charge in [-0.15, -0.1) is 0 Å². The summed E-state index contributed by atoms with van der Waals surface area (Å²) in [6, 6.07) is 39.8. The number of nitrogens with one attached hydrogen (secondary N) is 1. The SMILES string of the molecule is c1ccc2c(c1)-c1cccc3ccc(Nc4ccc5cccc6c5c4-c4ccccc4-6)c-2c13. The molecule has 6 aromatic carbocycles. The van der Waals surface area contributed by atoms with Gasteiger partial charge in [-0.2, -0.15) is 0 Å². The monoisotopic (exact) mass is 417 g/mol. The lowest BCUT2D eigenvalue weighted by atomic mass is 9.99. The quantitative estimate of drug-likeness (QED) is 0.296. The molecule has 0 spiro atoms. The van der Waals surface area contributed by atoms with Crippen LogP contribution in [0.5, 0.6) is 0 Å². The van der Waals surface area contributed by atoms with Gasteiger partial charge in [-0.1, -0.05) is 97.1 Å². The van der Waals surface area contributed by atoms with E-state index in [0.29, 0.717) is 0 Å². The van der Waals surface area contributed by atoms with E-state index in [-0.39, 0.29) is 0 Å². The van der Waals surface area contributed by atoms with Gasteiger partial charge in [0.1, 0.15) is 0 Å². The van der Waals surface area contributed by atoms with Crippen molar-refractivity contribution in [3.8, 4) is 44.5 Å². The Morgan fingerprint density at radius 3 is 1.24 bits per heavy atom. The summed E-state index contributed by atoms with van der Waals surface area (Å²) in [4.78, 5) is 0. The molecule has 0 atom stereocenters. The molecule has 152 valence electrons. The topological polar surface area (TPSA) is 12.0 Å². The molecule has 1 heteroatoms. The van der Waals surface area contributed by atoms with Crippen LogP contribution in [0.15, 0.2) is 109 Å². The molecule has 1 nitrogen and oxygen atoms in total. The van der Waals surface area contributed by atoms with Gasteiger partial charge in [-0.3, -0.25) is 0 Å². The van der Waals surface area contributed by atoms with Crippen molar-refractivity contribution in [1.29, 1.82) is 0 Å². The molecule has 0 radical (unpaired) electrons. The lowest BCUT2D eigenvalue weighted by Crippen LogP contribution is -1.95. The van der Waals surface area contributed by atoms with Crippen molar-refractivity contribution in [2.75, 3.05) is 5.32 Å². The van der Waals surface area contributed by atoms with Gasteiger partial charge >= 0.3 is 0 Å². The van der Waals surface area contributed by atoms with Crippen LogP contribution < -0.4 is 5.32 Å². The molecule has 0 fully saturated rings. The molecule has 0 saturated carbocycles. The third kappa shape index (κ3) is 2.16. The van der Waals surface area contributed by atoms with Crippen LogP contribution in [0.25, 0.3) is 66.1 Å². The maximum absolute atomic E-state index is 3.88. The molecule has 0 bridgehead atoms. The molecule has 0 heterocycles. The molecule has 6 aromatic rings. The molecule has 33 heavy (non-hydrogen) atoms. The first-order valence-electron chi connectivity index (χ1n) is 11.5. The maximum Gasteiger partial charge on any atom is 0.0471 e. The highest BCUT2D eigenvalue weighted by Crippen LogP contribution is 2.53. The van der Waals surface area contributed by atoms with Gasteiger partial charge < -0.3 is 5.32 Å². The van der Waals surface area contributed by atoms with E-state index >= 15 is 0 Å². The molecule has 8 rings (SSSR count). The zero-order chi connectivity index (χ0) is 21.5. The minimum absolute atomic E-state index is 1.16. The Balaban J connectivity index is 1.40. The molecule has 0 aromatic heterocycles. The highest BCUT2D eigenvalue weighted by Gasteiger charge is 2.26. The van der Waals surface area contributed by atoms with Crippen LogP contribution in [0.3, 0.4) is 0 Å². The molecule has 2 aliphatic carbocycles. The smallest absolute Gasteiger partial charge is 0.0471 e. The third-order valence-electron chi connectivity index (χ3n) is 7.33.